The summed E-state index contributed by atoms with van der Waals surface area (Å²) in [5, 5.41) is 0. The lowest BCUT2D eigenvalue weighted by atomic mass is 10.2. The largest absolute Gasteiger partial charge is 0.389 e. The van der Waals surface area contributed by atoms with E-state index >= 15 is 0 Å². The van der Waals surface area contributed by atoms with E-state index in [2.05, 4.69) is 24.8 Å². The van der Waals surface area contributed by atoms with E-state index in [9.17, 15) is 0 Å². The third kappa shape index (κ3) is 2.45. The number of hydrogen-bond acceptors (Lipinski definition) is 2. The molecule has 0 atom stereocenters. The molecule has 0 heterocycles. The van der Waals surface area contributed by atoms with Crippen molar-refractivity contribution < 1.29 is 0 Å². The fourth-order valence-corrected chi connectivity index (χ4v) is 1.57. The summed E-state index contributed by atoms with van der Waals surface area (Å²) in [6, 6.07) is 8.04. The summed E-state index contributed by atoms with van der Waals surface area (Å²) in [6.45, 7) is 6.27. The summed E-state index contributed by atoms with van der Waals surface area (Å²) < 4.78 is 0. The van der Waals surface area contributed by atoms with Crippen LogP contribution in [0, 0.1) is 0 Å². The van der Waals surface area contributed by atoms with Crippen molar-refractivity contribution in [1.29, 1.82) is 0 Å². The summed E-state index contributed by atoms with van der Waals surface area (Å²) in [5.41, 5.74) is 7.69. The van der Waals surface area contributed by atoms with E-state index in [0.29, 0.717) is 4.99 Å². The Morgan fingerprint density at radius 3 is 2.50 bits per heavy atom. The molecule has 0 amide bonds. The second-order valence-electron chi connectivity index (χ2n) is 3.09. The third-order valence-electron chi connectivity index (χ3n) is 2.26. The molecule has 0 saturated carbocycles. The van der Waals surface area contributed by atoms with Gasteiger partial charge >= 0.3 is 0 Å². The maximum atomic E-state index is 5.58. The molecular formula is C11H16N2S. The van der Waals surface area contributed by atoms with Crippen molar-refractivity contribution in [3.05, 3.63) is 29.8 Å². The standard InChI is InChI=1S/C11H16N2S/c1-3-13(4-2)10-7-5-6-9(8-10)11(12)14/h5-8H,3-4H2,1-2H3,(H2,12,14). The van der Waals surface area contributed by atoms with Gasteiger partial charge in [0.25, 0.3) is 0 Å². The highest BCUT2D eigenvalue weighted by Crippen LogP contribution is 2.15. The molecule has 3 heteroatoms. The number of anilines is 1. The topological polar surface area (TPSA) is 29.3 Å². The van der Waals surface area contributed by atoms with Gasteiger partial charge in [-0.2, -0.15) is 0 Å². The van der Waals surface area contributed by atoms with Crippen molar-refractivity contribution in [1.82, 2.24) is 0 Å². The van der Waals surface area contributed by atoms with Gasteiger partial charge in [-0.15, -0.1) is 0 Å². The average molecular weight is 208 g/mol. The monoisotopic (exact) mass is 208 g/mol. The predicted molar refractivity (Wildman–Crippen MR) is 65.9 cm³/mol. The van der Waals surface area contributed by atoms with Crippen LogP contribution in [0.2, 0.25) is 0 Å². The van der Waals surface area contributed by atoms with E-state index in [1.54, 1.807) is 0 Å². The minimum Gasteiger partial charge on any atom is -0.389 e. The molecular weight excluding hydrogens is 192 g/mol. The van der Waals surface area contributed by atoms with Crippen LogP contribution in [-0.2, 0) is 0 Å². The van der Waals surface area contributed by atoms with Gasteiger partial charge in [-0.05, 0) is 26.0 Å². The summed E-state index contributed by atoms with van der Waals surface area (Å²) in [7, 11) is 0. The van der Waals surface area contributed by atoms with Crippen molar-refractivity contribution in [2.24, 2.45) is 5.73 Å². The van der Waals surface area contributed by atoms with E-state index < -0.39 is 0 Å². The lowest BCUT2D eigenvalue weighted by Crippen LogP contribution is -2.22. The van der Waals surface area contributed by atoms with Gasteiger partial charge in [0.2, 0.25) is 0 Å². The molecule has 1 aromatic carbocycles. The van der Waals surface area contributed by atoms with Crippen LogP contribution in [0.4, 0.5) is 5.69 Å². The summed E-state index contributed by atoms with van der Waals surface area (Å²) in [6.07, 6.45) is 0. The fourth-order valence-electron chi connectivity index (χ4n) is 1.44. The number of rotatable bonds is 4. The number of nitrogens with zero attached hydrogens (tertiary/aromatic N) is 1. The Morgan fingerprint density at radius 2 is 2.00 bits per heavy atom. The third-order valence-corrected chi connectivity index (χ3v) is 2.49. The molecule has 14 heavy (non-hydrogen) atoms. The Morgan fingerprint density at radius 1 is 1.36 bits per heavy atom. The molecule has 0 aromatic heterocycles. The summed E-state index contributed by atoms with van der Waals surface area (Å²) in [4.78, 5) is 2.72. The van der Waals surface area contributed by atoms with Gasteiger partial charge in [0.05, 0.1) is 0 Å². The number of nitrogens with two attached hydrogens (primary N) is 1. The Balaban J connectivity index is 2.98. The van der Waals surface area contributed by atoms with Crippen molar-refractivity contribution in [3.63, 3.8) is 0 Å². The second kappa shape index (κ2) is 4.96. The van der Waals surface area contributed by atoms with Gasteiger partial charge < -0.3 is 10.6 Å². The van der Waals surface area contributed by atoms with Gasteiger partial charge in [-0.3, -0.25) is 0 Å². The Bertz CT molecular complexity index is 319. The minimum atomic E-state index is 0.457. The maximum absolute atomic E-state index is 5.58. The van der Waals surface area contributed by atoms with Crippen LogP contribution < -0.4 is 10.6 Å². The Kier molecular flexibility index (Phi) is 3.89. The smallest absolute Gasteiger partial charge is 0.104 e. The van der Waals surface area contributed by atoms with Crippen molar-refractivity contribution in [3.8, 4) is 0 Å². The van der Waals surface area contributed by atoms with Crippen LogP contribution in [0.3, 0.4) is 0 Å². The van der Waals surface area contributed by atoms with E-state index in [1.165, 1.54) is 5.69 Å². The molecule has 0 bridgehead atoms. The average Bonchev–Trinajstić information content (AvgIpc) is 2.20. The molecule has 2 nitrogen and oxygen atoms in total. The quantitative estimate of drug-likeness (QED) is 0.769. The van der Waals surface area contributed by atoms with Crippen LogP contribution in [0.15, 0.2) is 24.3 Å². The first-order chi connectivity index (χ1) is 6.69. The fraction of sp³-hybridized carbons (Fsp3) is 0.364. The summed E-state index contributed by atoms with van der Waals surface area (Å²) >= 11 is 4.94. The van der Waals surface area contributed by atoms with E-state index in [-0.39, 0.29) is 0 Å². The van der Waals surface area contributed by atoms with Gasteiger partial charge in [-0.25, -0.2) is 0 Å². The van der Waals surface area contributed by atoms with Gasteiger partial charge in [0.15, 0.2) is 0 Å². The number of benzene rings is 1. The predicted octanol–water partition coefficient (Wildman–Crippen LogP) is 2.17. The van der Waals surface area contributed by atoms with Crippen molar-refractivity contribution >= 4 is 22.9 Å². The normalized spacial score (nSPS) is 9.86. The molecule has 0 spiro atoms. The highest BCUT2D eigenvalue weighted by molar-refractivity contribution is 7.80. The van der Waals surface area contributed by atoms with Gasteiger partial charge in [-0.1, -0.05) is 24.4 Å². The molecule has 1 rings (SSSR count). The second-order valence-corrected chi connectivity index (χ2v) is 3.53. The molecule has 0 fully saturated rings. The lowest BCUT2D eigenvalue weighted by molar-refractivity contribution is 0.866. The highest BCUT2D eigenvalue weighted by Gasteiger charge is 2.03. The van der Waals surface area contributed by atoms with Crippen LogP contribution in [0.25, 0.3) is 0 Å². The van der Waals surface area contributed by atoms with Crippen LogP contribution in [0.1, 0.15) is 19.4 Å². The first-order valence-electron chi connectivity index (χ1n) is 4.83. The zero-order chi connectivity index (χ0) is 10.6. The lowest BCUT2D eigenvalue weighted by Gasteiger charge is -2.21. The molecule has 76 valence electrons. The maximum Gasteiger partial charge on any atom is 0.104 e. The van der Waals surface area contributed by atoms with Crippen LogP contribution >= 0.6 is 12.2 Å². The molecule has 0 unspecified atom stereocenters. The first kappa shape index (κ1) is 11.0. The molecule has 1 aromatic rings. The van der Waals surface area contributed by atoms with E-state index in [0.717, 1.165) is 18.7 Å². The number of hydrogen-bond donors (Lipinski definition) is 1. The van der Waals surface area contributed by atoms with E-state index in [4.69, 9.17) is 18.0 Å². The van der Waals surface area contributed by atoms with Crippen molar-refractivity contribution in [2.45, 2.75) is 13.8 Å². The SMILES string of the molecule is CCN(CC)c1cccc(C(N)=S)c1. The van der Waals surface area contributed by atoms with E-state index in [1.807, 2.05) is 18.2 Å². The van der Waals surface area contributed by atoms with Crippen LogP contribution in [-0.4, -0.2) is 18.1 Å². The van der Waals surface area contributed by atoms with Crippen LogP contribution in [0.5, 0.6) is 0 Å². The van der Waals surface area contributed by atoms with Gasteiger partial charge in [0, 0.05) is 24.3 Å². The molecule has 0 aliphatic rings. The zero-order valence-corrected chi connectivity index (χ0v) is 9.47. The summed E-state index contributed by atoms with van der Waals surface area (Å²) in [5.74, 6) is 0. The minimum absolute atomic E-state index is 0.457. The molecule has 0 aliphatic heterocycles. The Labute approximate surface area is 90.7 Å². The first-order valence-corrected chi connectivity index (χ1v) is 5.24. The van der Waals surface area contributed by atoms with Gasteiger partial charge in [0.1, 0.15) is 4.99 Å². The highest BCUT2D eigenvalue weighted by atomic mass is 32.1. The Hall–Kier alpha value is -1.09. The van der Waals surface area contributed by atoms with Crippen molar-refractivity contribution in [2.75, 3.05) is 18.0 Å². The molecule has 0 saturated heterocycles. The molecule has 2 N–H and O–H groups in total. The molecule has 0 aliphatic carbocycles. The number of thiocarbonyl (C=S) groups is 1. The zero-order valence-electron chi connectivity index (χ0n) is 8.66. The molecule has 0 radical (unpaired) electrons.